The average Bonchev–Trinajstić information content (AvgIpc) is 2.84. The van der Waals surface area contributed by atoms with Crippen LogP contribution in [0.5, 0.6) is 5.75 Å². The van der Waals surface area contributed by atoms with Crippen LogP contribution in [0.3, 0.4) is 0 Å². The first-order valence-corrected chi connectivity index (χ1v) is 13.6. The third kappa shape index (κ3) is 5.48. The number of aryl methyl sites for hydroxylation is 1. The van der Waals surface area contributed by atoms with Crippen molar-refractivity contribution in [1.82, 2.24) is 4.31 Å². The summed E-state index contributed by atoms with van der Waals surface area (Å²) in [7, 11) is -2.02. The zero-order valence-corrected chi connectivity index (χ0v) is 22.5. The summed E-state index contributed by atoms with van der Waals surface area (Å²) in [6, 6.07) is 17.2. The van der Waals surface area contributed by atoms with E-state index in [0.29, 0.717) is 58.4 Å². The molecule has 0 spiro atoms. The van der Waals surface area contributed by atoms with Gasteiger partial charge in [0, 0.05) is 31.7 Å². The Morgan fingerprint density at radius 3 is 2.34 bits per heavy atom. The van der Waals surface area contributed by atoms with Crippen molar-refractivity contribution in [3.8, 4) is 5.75 Å². The lowest BCUT2D eigenvalue weighted by molar-refractivity contribution is 0.102. The van der Waals surface area contributed by atoms with Gasteiger partial charge in [0.25, 0.3) is 5.91 Å². The average molecular weight is 579 g/mol. The molecule has 1 heterocycles. The van der Waals surface area contributed by atoms with Crippen LogP contribution in [0.1, 0.15) is 15.9 Å². The van der Waals surface area contributed by atoms with E-state index in [4.69, 9.17) is 16.3 Å². The molecule has 0 aromatic heterocycles. The molecular formula is C25H25BrClN3O4S. The number of halogens is 2. The molecule has 0 radical (unpaired) electrons. The highest BCUT2D eigenvalue weighted by Crippen LogP contribution is 2.36. The van der Waals surface area contributed by atoms with Crippen LogP contribution in [-0.4, -0.2) is 51.9 Å². The second-order valence-electron chi connectivity index (χ2n) is 8.14. The molecule has 4 rings (SSSR count). The van der Waals surface area contributed by atoms with Crippen molar-refractivity contribution in [3.63, 3.8) is 0 Å². The highest BCUT2D eigenvalue weighted by Gasteiger charge is 2.30. The van der Waals surface area contributed by atoms with E-state index in [1.165, 1.54) is 4.31 Å². The van der Waals surface area contributed by atoms with Gasteiger partial charge in [0.1, 0.15) is 5.75 Å². The van der Waals surface area contributed by atoms with Gasteiger partial charge >= 0.3 is 0 Å². The second kappa shape index (κ2) is 10.6. The van der Waals surface area contributed by atoms with E-state index < -0.39 is 10.0 Å². The van der Waals surface area contributed by atoms with Gasteiger partial charge < -0.3 is 15.0 Å². The molecule has 7 nitrogen and oxygen atoms in total. The lowest BCUT2D eigenvalue weighted by atomic mass is 10.1. The molecule has 1 fully saturated rings. The number of anilines is 2. The molecular weight excluding hydrogens is 554 g/mol. The number of amides is 1. The number of benzene rings is 3. The summed E-state index contributed by atoms with van der Waals surface area (Å²) in [5, 5.41) is 3.42. The summed E-state index contributed by atoms with van der Waals surface area (Å²) in [6.07, 6.45) is 0. The van der Waals surface area contributed by atoms with Gasteiger partial charge in [-0.2, -0.15) is 4.31 Å². The topological polar surface area (TPSA) is 79.0 Å². The Hall–Kier alpha value is -2.59. The van der Waals surface area contributed by atoms with Gasteiger partial charge in [-0.25, -0.2) is 8.42 Å². The van der Waals surface area contributed by atoms with Crippen molar-refractivity contribution < 1.29 is 17.9 Å². The minimum absolute atomic E-state index is 0.285. The van der Waals surface area contributed by atoms with E-state index in [0.717, 1.165) is 5.56 Å². The summed E-state index contributed by atoms with van der Waals surface area (Å²) < 4.78 is 33.5. The van der Waals surface area contributed by atoms with Crippen molar-refractivity contribution >= 4 is 54.8 Å². The smallest absolute Gasteiger partial charge is 0.255 e. The van der Waals surface area contributed by atoms with Gasteiger partial charge in [-0.05, 0) is 65.3 Å². The first-order valence-electron chi connectivity index (χ1n) is 11.0. The van der Waals surface area contributed by atoms with Crippen LogP contribution in [-0.2, 0) is 10.0 Å². The SMILES string of the molecule is COc1ccc(C(=O)Nc2cccc(Cl)c2N2CCN(S(=O)(=O)c3ccc(C)cc3)CC2)cc1Br. The molecule has 1 aliphatic heterocycles. The number of sulfonamides is 1. The number of carbonyl (C=O) groups is 1. The maximum Gasteiger partial charge on any atom is 0.255 e. The second-order valence-corrected chi connectivity index (χ2v) is 11.3. The highest BCUT2D eigenvalue weighted by atomic mass is 79.9. The summed E-state index contributed by atoms with van der Waals surface area (Å²) in [6.45, 7) is 3.40. The predicted octanol–water partition coefficient (Wildman–Crippen LogP) is 5.18. The van der Waals surface area contributed by atoms with E-state index in [1.54, 1.807) is 67.8 Å². The number of ether oxygens (including phenoxy) is 1. The zero-order valence-electron chi connectivity index (χ0n) is 19.3. The van der Waals surface area contributed by atoms with Gasteiger partial charge in [-0.15, -0.1) is 0 Å². The van der Waals surface area contributed by atoms with Crippen LogP contribution < -0.4 is 15.0 Å². The molecule has 35 heavy (non-hydrogen) atoms. The van der Waals surface area contributed by atoms with E-state index in [1.807, 2.05) is 11.8 Å². The monoisotopic (exact) mass is 577 g/mol. The van der Waals surface area contributed by atoms with E-state index in [9.17, 15) is 13.2 Å². The van der Waals surface area contributed by atoms with E-state index in [2.05, 4.69) is 21.2 Å². The Labute approximate surface area is 218 Å². The quantitative estimate of drug-likeness (QED) is 0.436. The molecule has 1 saturated heterocycles. The summed E-state index contributed by atoms with van der Waals surface area (Å²) in [5.74, 6) is 0.334. The Morgan fingerprint density at radius 1 is 1.03 bits per heavy atom. The molecule has 0 saturated carbocycles. The summed E-state index contributed by atoms with van der Waals surface area (Å²) in [5.41, 5.74) is 2.69. The van der Waals surface area contributed by atoms with Gasteiger partial charge in [-0.1, -0.05) is 35.4 Å². The summed E-state index contributed by atoms with van der Waals surface area (Å²) in [4.78, 5) is 15.2. The number of carbonyl (C=O) groups excluding carboxylic acids is 1. The number of para-hydroxylation sites is 1. The van der Waals surface area contributed by atoms with E-state index in [-0.39, 0.29) is 10.8 Å². The lowest BCUT2D eigenvalue weighted by Gasteiger charge is -2.36. The Bertz CT molecular complexity index is 1340. The molecule has 0 atom stereocenters. The van der Waals surface area contributed by atoms with Crippen LogP contribution in [0.25, 0.3) is 0 Å². The zero-order chi connectivity index (χ0) is 25.2. The van der Waals surface area contributed by atoms with Crippen LogP contribution in [0.15, 0.2) is 70.0 Å². The minimum atomic E-state index is -3.58. The van der Waals surface area contributed by atoms with Gasteiger partial charge in [0.05, 0.1) is 32.9 Å². The van der Waals surface area contributed by atoms with Gasteiger partial charge in [-0.3, -0.25) is 4.79 Å². The number of rotatable bonds is 6. The van der Waals surface area contributed by atoms with Crippen LogP contribution >= 0.6 is 27.5 Å². The third-order valence-corrected chi connectivity index (χ3v) is 8.70. The van der Waals surface area contributed by atoms with Crippen molar-refractivity contribution in [2.75, 3.05) is 43.5 Å². The molecule has 1 aliphatic rings. The van der Waals surface area contributed by atoms with Crippen LogP contribution in [0.2, 0.25) is 5.02 Å². The normalized spacial score (nSPS) is 14.6. The van der Waals surface area contributed by atoms with Crippen LogP contribution in [0.4, 0.5) is 11.4 Å². The van der Waals surface area contributed by atoms with Crippen molar-refractivity contribution in [3.05, 3.63) is 81.3 Å². The number of nitrogens with one attached hydrogen (secondary N) is 1. The first-order chi connectivity index (χ1) is 16.7. The fourth-order valence-corrected chi connectivity index (χ4v) is 6.21. The van der Waals surface area contributed by atoms with Crippen molar-refractivity contribution in [2.24, 2.45) is 0 Å². The number of hydrogen-bond donors (Lipinski definition) is 1. The Morgan fingerprint density at radius 2 is 1.71 bits per heavy atom. The fraction of sp³-hybridized carbons (Fsp3) is 0.240. The predicted molar refractivity (Wildman–Crippen MR) is 142 cm³/mol. The molecule has 184 valence electrons. The highest BCUT2D eigenvalue weighted by molar-refractivity contribution is 9.10. The molecule has 3 aromatic rings. The molecule has 3 aromatic carbocycles. The van der Waals surface area contributed by atoms with Crippen molar-refractivity contribution in [2.45, 2.75) is 11.8 Å². The maximum atomic E-state index is 13.1. The largest absolute Gasteiger partial charge is 0.496 e. The minimum Gasteiger partial charge on any atom is -0.496 e. The fourth-order valence-electron chi connectivity index (χ4n) is 3.95. The molecule has 1 N–H and O–H groups in total. The Kier molecular flexibility index (Phi) is 7.70. The standard InChI is InChI=1S/C25H25BrClN3O4S/c1-17-6-9-19(10-7-17)35(32,33)30-14-12-29(13-15-30)24-21(27)4-3-5-22(24)28-25(31)18-8-11-23(34-2)20(26)16-18/h3-11,16H,12-15H2,1-2H3,(H,28,31). The summed E-state index contributed by atoms with van der Waals surface area (Å²) >= 11 is 9.95. The third-order valence-electron chi connectivity index (χ3n) is 5.86. The number of methoxy groups -OCH3 is 1. The van der Waals surface area contributed by atoms with Crippen molar-refractivity contribution in [1.29, 1.82) is 0 Å². The molecule has 0 bridgehead atoms. The van der Waals surface area contributed by atoms with Gasteiger partial charge in [0.2, 0.25) is 10.0 Å². The van der Waals surface area contributed by atoms with E-state index >= 15 is 0 Å². The number of hydrogen-bond acceptors (Lipinski definition) is 5. The maximum absolute atomic E-state index is 13.1. The molecule has 0 aliphatic carbocycles. The Balaban J connectivity index is 1.51. The molecule has 0 unspecified atom stereocenters. The van der Waals surface area contributed by atoms with Gasteiger partial charge in [0.15, 0.2) is 0 Å². The molecule has 10 heteroatoms. The number of piperazine rings is 1. The lowest BCUT2D eigenvalue weighted by Crippen LogP contribution is -2.49. The molecule has 1 amide bonds. The van der Waals surface area contributed by atoms with Crippen LogP contribution in [0, 0.1) is 6.92 Å². The number of nitrogens with zero attached hydrogens (tertiary/aromatic N) is 2. The first kappa shape index (κ1) is 25.5.